The second-order valence-corrected chi connectivity index (χ2v) is 10.4. The maximum absolute atomic E-state index is 13.7. The number of ether oxygens (including phenoxy) is 1. The Bertz CT molecular complexity index is 853. The van der Waals surface area contributed by atoms with Crippen molar-refractivity contribution < 1.29 is 35.6 Å². The summed E-state index contributed by atoms with van der Waals surface area (Å²) < 4.78 is 85.4. The first-order valence-electron chi connectivity index (χ1n) is 9.02. The molecule has 0 aliphatic carbocycles. The summed E-state index contributed by atoms with van der Waals surface area (Å²) in [7, 11) is -4.15. The lowest BCUT2D eigenvalue weighted by molar-refractivity contribution is -0.139. The van der Waals surface area contributed by atoms with Gasteiger partial charge in [-0.3, -0.25) is 0 Å². The predicted molar refractivity (Wildman–Crippen MR) is 103 cm³/mol. The van der Waals surface area contributed by atoms with Crippen LogP contribution in [0.3, 0.4) is 0 Å². The zero-order valence-corrected chi connectivity index (χ0v) is 18.4. The highest BCUT2D eigenvalue weighted by molar-refractivity contribution is 7.89. The number of hydrogen-bond donors (Lipinski definition) is 1. The Morgan fingerprint density at radius 2 is 1.62 bits per heavy atom. The molecule has 1 aromatic carbocycles. The summed E-state index contributed by atoms with van der Waals surface area (Å²) >= 11 is 0. The van der Waals surface area contributed by atoms with Gasteiger partial charge in [0.05, 0.1) is 33.8 Å². The molecule has 1 aromatic rings. The standard InChI is InChI=1S/C18H27BF3NO5S/c1-15(2,11-26-7)23-29(24,25)14-9-8-12(10-13(14)18(20,21)22)19-27-16(3,4)17(5,6)28-19/h8-10,23H,11H2,1-7H3. The summed E-state index contributed by atoms with van der Waals surface area (Å²) in [6.07, 6.45) is -4.89. The van der Waals surface area contributed by atoms with E-state index in [1.54, 1.807) is 27.7 Å². The number of alkyl halides is 3. The molecule has 0 spiro atoms. The van der Waals surface area contributed by atoms with Crippen LogP contribution < -0.4 is 10.2 Å². The van der Waals surface area contributed by atoms with Gasteiger partial charge in [-0.15, -0.1) is 0 Å². The monoisotopic (exact) mass is 437 g/mol. The van der Waals surface area contributed by atoms with Crippen molar-refractivity contribution in [1.29, 1.82) is 0 Å². The quantitative estimate of drug-likeness (QED) is 0.693. The van der Waals surface area contributed by atoms with Gasteiger partial charge in [0.25, 0.3) is 0 Å². The minimum Gasteiger partial charge on any atom is -0.399 e. The summed E-state index contributed by atoms with van der Waals surface area (Å²) in [5.41, 5.74) is -3.78. The molecule has 29 heavy (non-hydrogen) atoms. The fraction of sp³-hybridized carbons (Fsp3) is 0.667. The lowest BCUT2D eigenvalue weighted by Gasteiger charge is -2.32. The smallest absolute Gasteiger partial charge is 0.399 e. The Kier molecular flexibility index (Phi) is 6.26. The van der Waals surface area contributed by atoms with Crippen molar-refractivity contribution in [2.24, 2.45) is 0 Å². The van der Waals surface area contributed by atoms with Gasteiger partial charge < -0.3 is 14.0 Å². The fourth-order valence-corrected chi connectivity index (χ4v) is 4.55. The molecule has 11 heteroatoms. The molecule has 1 fully saturated rings. The first-order chi connectivity index (χ1) is 12.9. The minimum absolute atomic E-state index is 0.0143. The van der Waals surface area contributed by atoms with Crippen molar-refractivity contribution in [1.82, 2.24) is 4.72 Å². The van der Waals surface area contributed by atoms with E-state index in [9.17, 15) is 21.6 Å². The highest BCUT2D eigenvalue weighted by Crippen LogP contribution is 2.38. The van der Waals surface area contributed by atoms with E-state index in [1.165, 1.54) is 27.0 Å². The van der Waals surface area contributed by atoms with Gasteiger partial charge in [-0.2, -0.15) is 13.2 Å². The number of methoxy groups -OCH3 is 1. The highest BCUT2D eigenvalue weighted by atomic mass is 32.2. The molecule has 0 aromatic heterocycles. The van der Waals surface area contributed by atoms with Gasteiger partial charge in [0.1, 0.15) is 0 Å². The van der Waals surface area contributed by atoms with Gasteiger partial charge in [0.2, 0.25) is 10.0 Å². The zero-order valence-electron chi connectivity index (χ0n) is 17.6. The normalized spacial score (nSPS) is 19.6. The van der Waals surface area contributed by atoms with Gasteiger partial charge in [-0.1, -0.05) is 6.07 Å². The van der Waals surface area contributed by atoms with Crippen LogP contribution in [0.4, 0.5) is 13.2 Å². The van der Waals surface area contributed by atoms with Crippen LogP contribution in [0.25, 0.3) is 0 Å². The average molecular weight is 437 g/mol. The van der Waals surface area contributed by atoms with Crippen molar-refractivity contribution in [2.75, 3.05) is 13.7 Å². The third-order valence-corrected chi connectivity index (χ3v) is 6.80. The molecular weight excluding hydrogens is 410 g/mol. The van der Waals surface area contributed by atoms with Gasteiger partial charge in [0, 0.05) is 7.11 Å². The van der Waals surface area contributed by atoms with Gasteiger partial charge in [-0.25, -0.2) is 13.1 Å². The summed E-state index contributed by atoms with van der Waals surface area (Å²) in [6, 6.07) is 2.96. The maximum atomic E-state index is 13.7. The van der Waals surface area contributed by atoms with E-state index in [1.807, 2.05) is 0 Å². The molecule has 1 heterocycles. The highest BCUT2D eigenvalue weighted by Gasteiger charge is 2.52. The predicted octanol–water partition coefficient (Wildman–Crippen LogP) is 2.71. The molecular formula is C18H27BF3NO5S. The SMILES string of the molecule is COCC(C)(C)NS(=O)(=O)c1ccc(B2OC(C)(C)C(C)(C)O2)cc1C(F)(F)F. The zero-order chi connectivity index (χ0) is 22.5. The van der Waals surface area contributed by atoms with E-state index in [0.717, 1.165) is 12.1 Å². The van der Waals surface area contributed by atoms with E-state index in [4.69, 9.17) is 14.0 Å². The molecule has 0 saturated carbocycles. The molecule has 1 aliphatic rings. The van der Waals surface area contributed by atoms with E-state index >= 15 is 0 Å². The summed E-state index contributed by atoms with van der Waals surface area (Å²) in [5.74, 6) is 0. The van der Waals surface area contributed by atoms with Crippen molar-refractivity contribution >= 4 is 22.6 Å². The van der Waals surface area contributed by atoms with Gasteiger partial charge in [0.15, 0.2) is 0 Å². The molecule has 6 nitrogen and oxygen atoms in total. The lowest BCUT2D eigenvalue weighted by atomic mass is 9.78. The Balaban J connectivity index is 2.49. The number of halogens is 3. The van der Waals surface area contributed by atoms with Crippen LogP contribution >= 0.6 is 0 Å². The number of sulfonamides is 1. The summed E-state index contributed by atoms with van der Waals surface area (Å²) in [6.45, 7) is 10.1. The number of benzene rings is 1. The molecule has 1 saturated heterocycles. The van der Waals surface area contributed by atoms with E-state index in [-0.39, 0.29) is 12.1 Å². The summed E-state index contributed by atoms with van der Waals surface area (Å²) in [5, 5.41) is 0. The first-order valence-corrected chi connectivity index (χ1v) is 10.5. The van der Waals surface area contributed by atoms with Crippen LogP contribution in [0.15, 0.2) is 23.1 Å². The Morgan fingerprint density at radius 3 is 2.07 bits per heavy atom. The van der Waals surface area contributed by atoms with Crippen LogP contribution in [-0.4, -0.2) is 46.0 Å². The summed E-state index contributed by atoms with van der Waals surface area (Å²) in [4.78, 5) is -0.866. The van der Waals surface area contributed by atoms with Gasteiger partial charge >= 0.3 is 13.3 Å². The van der Waals surface area contributed by atoms with Crippen LogP contribution in [0.1, 0.15) is 47.1 Å². The Hall–Kier alpha value is -1.14. The topological polar surface area (TPSA) is 73.9 Å². The number of rotatable bonds is 6. The third-order valence-electron chi connectivity index (χ3n) is 5.04. The third kappa shape index (κ3) is 5.14. The van der Waals surface area contributed by atoms with Crippen molar-refractivity contribution in [3.05, 3.63) is 23.8 Å². The van der Waals surface area contributed by atoms with Gasteiger partial charge in [-0.05, 0) is 59.1 Å². The van der Waals surface area contributed by atoms with E-state index in [0.29, 0.717) is 0 Å². The molecule has 2 rings (SSSR count). The maximum Gasteiger partial charge on any atom is 0.494 e. The lowest BCUT2D eigenvalue weighted by Crippen LogP contribution is -2.47. The van der Waals surface area contributed by atoms with E-state index in [2.05, 4.69) is 4.72 Å². The van der Waals surface area contributed by atoms with Crippen LogP contribution in [-0.2, 0) is 30.2 Å². The fourth-order valence-electron chi connectivity index (χ4n) is 2.94. The molecule has 0 radical (unpaired) electrons. The van der Waals surface area contributed by atoms with Crippen LogP contribution in [0, 0.1) is 0 Å². The molecule has 1 N–H and O–H groups in total. The molecule has 0 bridgehead atoms. The van der Waals surface area contributed by atoms with Crippen molar-refractivity contribution in [3.8, 4) is 0 Å². The number of hydrogen-bond acceptors (Lipinski definition) is 5. The van der Waals surface area contributed by atoms with Crippen LogP contribution in [0.5, 0.6) is 0 Å². The van der Waals surface area contributed by atoms with E-state index < -0.39 is 50.5 Å². The van der Waals surface area contributed by atoms with Crippen molar-refractivity contribution in [3.63, 3.8) is 0 Å². The largest absolute Gasteiger partial charge is 0.494 e. The Morgan fingerprint density at radius 1 is 1.10 bits per heavy atom. The second-order valence-electron chi connectivity index (χ2n) is 8.76. The minimum atomic E-state index is -4.89. The molecule has 1 aliphatic heterocycles. The molecule has 164 valence electrons. The van der Waals surface area contributed by atoms with Crippen molar-refractivity contribution in [2.45, 2.75) is 69.4 Å². The van der Waals surface area contributed by atoms with Crippen LogP contribution in [0.2, 0.25) is 0 Å². The Labute approximate surface area is 170 Å². The molecule has 0 unspecified atom stereocenters. The number of nitrogens with one attached hydrogen (secondary N) is 1. The average Bonchev–Trinajstić information content (AvgIpc) is 2.72. The molecule has 0 amide bonds. The molecule has 0 atom stereocenters. The second kappa shape index (κ2) is 7.53. The first kappa shape index (κ1) is 24.1.